The van der Waals surface area contributed by atoms with E-state index < -0.39 is 0 Å². The van der Waals surface area contributed by atoms with Gasteiger partial charge in [-0.25, -0.2) is 4.99 Å². The lowest BCUT2D eigenvalue weighted by Crippen LogP contribution is -2.46. The van der Waals surface area contributed by atoms with Crippen molar-refractivity contribution in [3.05, 3.63) is 23.8 Å². The summed E-state index contributed by atoms with van der Waals surface area (Å²) < 4.78 is 10.8. The van der Waals surface area contributed by atoms with Crippen molar-refractivity contribution in [3.63, 3.8) is 0 Å². The van der Waals surface area contributed by atoms with E-state index in [0.717, 1.165) is 42.0 Å². The van der Waals surface area contributed by atoms with E-state index in [0.29, 0.717) is 19.4 Å². The molecule has 140 valence electrons. The Balaban J connectivity index is 0.00000225. The number of rotatable bonds is 7. The van der Waals surface area contributed by atoms with Gasteiger partial charge >= 0.3 is 0 Å². The third kappa shape index (κ3) is 5.64. The first-order valence-electron chi connectivity index (χ1n) is 8.74. The Morgan fingerprint density at radius 3 is 2.68 bits per heavy atom. The standard InChI is InChI=1S/C18H28N4O2.HI/c1-4-19-18(21-11-15(22(2)3)14-6-7-14)20-10-13-5-8-16-17(9-13)24-12-23-16;/h5,8-9,14-15H,4,6-7,10-12H2,1-3H3,(H2,19,20,21);1H. The molecule has 1 heterocycles. The minimum absolute atomic E-state index is 0. The fraction of sp³-hybridized carbons (Fsp3) is 0.611. The summed E-state index contributed by atoms with van der Waals surface area (Å²) >= 11 is 0. The SMILES string of the molecule is CCNC(=NCc1ccc2c(c1)OCO2)NCC(C1CC1)N(C)C.I. The molecule has 7 heteroatoms. The van der Waals surface area contributed by atoms with Gasteiger partial charge in [0.15, 0.2) is 17.5 Å². The van der Waals surface area contributed by atoms with Crippen LogP contribution < -0.4 is 20.1 Å². The molecule has 0 radical (unpaired) electrons. The quantitative estimate of drug-likeness (QED) is 0.372. The molecule has 0 amide bonds. The molecule has 1 aliphatic carbocycles. The second kappa shape index (κ2) is 9.47. The molecule has 1 saturated carbocycles. The largest absolute Gasteiger partial charge is 0.454 e. The van der Waals surface area contributed by atoms with Crippen LogP contribution in [0, 0.1) is 5.92 Å². The van der Waals surface area contributed by atoms with E-state index >= 15 is 0 Å². The molecule has 3 rings (SSSR count). The molecule has 1 aromatic carbocycles. The first-order chi connectivity index (χ1) is 11.7. The Morgan fingerprint density at radius 2 is 2.00 bits per heavy atom. The highest BCUT2D eigenvalue weighted by Crippen LogP contribution is 2.34. The average molecular weight is 460 g/mol. The zero-order chi connectivity index (χ0) is 16.9. The number of nitrogens with one attached hydrogen (secondary N) is 2. The monoisotopic (exact) mass is 460 g/mol. The maximum absolute atomic E-state index is 5.42. The molecule has 0 bridgehead atoms. The van der Waals surface area contributed by atoms with Crippen LogP contribution in [0.15, 0.2) is 23.2 Å². The van der Waals surface area contributed by atoms with E-state index in [1.165, 1.54) is 12.8 Å². The molecular weight excluding hydrogens is 431 g/mol. The smallest absolute Gasteiger partial charge is 0.231 e. The van der Waals surface area contributed by atoms with Crippen molar-refractivity contribution in [2.24, 2.45) is 10.9 Å². The number of likely N-dealkylation sites (N-methyl/N-ethyl adjacent to an activating group) is 1. The number of halogens is 1. The Bertz CT molecular complexity index is 588. The number of fused-ring (bicyclic) bond motifs is 1. The van der Waals surface area contributed by atoms with Crippen molar-refractivity contribution in [3.8, 4) is 11.5 Å². The highest BCUT2D eigenvalue weighted by atomic mass is 127. The minimum atomic E-state index is 0. The summed E-state index contributed by atoms with van der Waals surface area (Å²) in [6.07, 6.45) is 2.69. The molecule has 1 atom stereocenters. The summed E-state index contributed by atoms with van der Waals surface area (Å²) in [5.74, 6) is 3.31. The molecule has 0 saturated heterocycles. The second-order valence-corrected chi connectivity index (χ2v) is 6.63. The first-order valence-corrected chi connectivity index (χ1v) is 8.74. The van der Waals surface area contributed by atoms with E-state index in [1.807, 2.05) is 18.2 Å². The van der Waals surface area contributed by atoms with Crippen LogP contribution >= 0.6 is 24.0 Å². The number of benzene rings is 1. The molecule has 2 aliphatic rings. The summed E-state index contributed by atoms with van der Waals surface area (Å²) in [5.41, 5.74) is 1.11. The van der Waals surface area contributed by atoms with Gasteiger partial charge in [0.2, 0.25) is 6.79 Å². The molecule has 0 aromatic heterocycles. The summed E-state index contributed by atoms with van der Waals surface area (Å²) in [5, 5.41) is 6.81. The third-order valence-corrected chi connectivity index (χ3v) is 4.51. The van der Waals surface area contributed by atoms with Crippen molar-refractivity contribution < 1.29 is 9.47 Å². The van der Waals surface area contributed by atoms with Gasteiger partial charge < -0.3 is 25.0 Å². The second-order valence-electron chi connectivity index (χ2n) is 6.63. The van der Waals surface area contributed by atoms with Gasteiger partial charge in [0.25, 0.3) is 0 Å². The highest BCUT2D eigenvalue weighted by Gasteiger charge is 2.32. The highest BCUT2D eigenvalue weighted by molar-refractivity contribution is 14.0. The lowest BCUT2D eigenvalue weighted by Gasteiger charge is -2.25. The fourth-order valence-corrected chi connectivity index (χ4v) is 3.00. The van der Waals surface area contributed by atoms with Crippen LogP contribution in [0.3, 0.4) is 0 Å². The van der Waals surface area contributed by atoms with Crippen LogP contribution in [0.2, 0.25) is 0 Å². The molecule has 1 fully saturated rings. The zero-order valence-corrected chi connectivity index (χ0v) is 17.6. The third-order valence-electron chi connectivity index (χ3n) is 4.51. The van der Waals surface area contributed by atoms with Crippen molar-refractivity contribution in [1.82, 2.24) is 15.5 Å². The summed E-state index contributed by atoms with van der Waals surface area (Å²) in [6, 6.07) is 6.55. The van der Waals surface area contributed by atoms with E-state index in [4.69, 9.17) is 14.5 Å². The van der Waals surface area contributed by atoms with E-state index in [9.17, 15) is 0 Å². The van der Waals surface area contributed by atoms with Crippen molar-refractivity contribution >= 4 is 29.9 Å². The fourth-order valence-electron chi connectivity index (χ4n) is 3.00. The summed E-state index contributed by atoms with van der Waals surface area (Å²) in [7, 11) is 4.31. The maximum Gasteiger partial charge on any atom is 0.231 e. The lowest BCUT2D eigenvalue weighted by atomic mass is 10.1. The van der Waals surface area contributed by atoms with Crippen LogP contribution in [-0.2, 0) is 6.54 Å². The van der Waals surface area contributed by atoms with Crippen LogP contribution in [-0.4, -0.2) is 50.9 Å². The zero-order valence-electron chi connectivity index (χ0n) is 15.2. The van der Waals surface area contributed by atoms with Crippen molar-refractivity contribution in [1.29, 1.82) is 0 Å². The number of aliphatic imine (C=N–C) groups is 1. The molecule has 6 nitrogen and oxygen atoms in total. The van der Waals surface area contributed by atoms with Gasteiger partial charge in [0.05, 0.1) is 6.54 Å². The Kier molecular flexibility index (Phi) is 7.61. The lowest BCUT2D eigenvalue weighted by molar-refractivity contribution is 0.174. The van der Waals surface area contributed by atoms with Crippen molar-refractivity contribution in [2.45, 2.75) is 32.4 Å². The number of guanidine groups is 1. The van der Waals surface area contributed by atoms with Crippen molar-refractivity contribution in [2.75, 3.05) is 34.0 Å². The molecule has 1 unspecified atom stereocenters. The Hall–Kier alpha value is -1.22. The molecule has 25 heavy (non-hydrogen) atoms. The van der Waals surface area contributed by atoms with Crippen LogP contribution in [0.1, 0.15) is 25.3 Å². The van der Waals surface area contributed by atoms with Crippen LogP contribution in [0.25, 0.3) is 0 Å². The van der Waals surface area contributed by atoms with Gasteiger partial charge in [-0.3, -0.25) is 0 Å². The summed E-state index contributed by atoms with van der Waals surface area (Å²) in [4.78, 5) is 7.01. The van der Waals surface area contributed by atoms with Gasteiger partial charge in [-0.2, -0.15) is 0 Å². The van der Waals surface area contributed by atoms with Gasteiger partial charge in [0.1, 0.15) is 0 Å². The number of hydrogen-bond donors (Lipinski definition) is 2. The van der Waals surface area contributed by atoms with E-state index in [2.05, 4.69) is 36.6 Å². The first kappa shape index (κ1) is 20.1. The van der Waals surface area contributed by atoms with Crippen LogP contribution in [0.4, 0.5) is 0 Å². The Morgan fingerprint density at radius 1 is 1.24 bits per heavy atom. The van der Waals surface area contributed by atoms with Gasteiger partial charge in [-0.1, -0.05) is 6.07 Å². The predicted molar refractivity (Wildman–Crippen MR) is 111 cm³/mol. The summed E-state index contributed by atoms with van der Waals surface area (Å²) in [6.45, 7) is 4.77. The normalized spacial score (nSPS) is 17.2. The number of nitrogens with zero attached hydrogens (tertiary/aromatic N) is 2. The minimum Gasteiger partial charge on any atom is -0.454 e. The van der Waals surface area contributed by atoms with Gasteiger partial charge in [0, 0.05) is 19.1 Å². The maximum atomic E-state index is 5.42. The number of hydrogen-bond acceptors (Lipinski definition) is 4. The number of ether oxygens (including phenoxy) is 2. The van der Waals surface area contributed by atoms with Gasteiger partial charge in [-0.15, -0.1) is 24.0 Å². The molecule has 1 aliphatic heterocycles. The molecule has 1 aromatic rings. The topological polar surface area (TPSA) is 58.1 Å². The average Bonchev–Trinajstić information content (AvgIpc) is 3.28. The molecular formula is C18H29IN4O2. The van der Waals surface area contributed by atoms with E-state index in [-0.39, 0.29) is 24.0 Å². The predicted octanol–water partition coefficient (Wildman–Crippen LogP) is 2.43. The molecule has 2 N–H and O–H groups in total. The Labute approximate surface area is 167 Å². The molecule has 0 spiro atoms. The van der Waals surface area contributed by atoms with E-state index in [1.54, 1.807) is 0 Å². The van der Waals surface area contributed by atoms with Gasteiger partial charge in [-0.05, 0) is 57.5 Å². The van der Waals surface area contributed by atoms with Crippen LogP contribution in [0.5, 0.6) is 11.5 Å².